The van der Waals surface area contributed by atoms with Crippen molar-refractivity contribution >= 4 is 38.0 Å². The van der Waals surface area contributed by atoms with Crippen LogP contribution in [0.4, 0.5) is 5.69 Å². The molecule has 0 fully saturated rings. The summed E-state index contributed by atoms with van der Waals surface area (Å²) in [6, 6.07) is 4.62. The molecule has 3 aromatic rings. The lowest BCUT2D eigenvalue weighted by Crippen LogP contribution is -2.25. The van der Waals surface area contributed by atoms with Crippen LogP contribution in [0.15, 0.2) is 30.5 Å². The maximum Gasteiger partial charge on any atom is 0.0709 e. The molecule has 0 radical (unpaired) electrons. The summed E-state index contributed by atoms with van der Waals surface area (Å²) in [6.07, 6.45) is 1.67. The molecule has 0 saturated heterocycles. The molecule has 19 heavy (non-hydrogen) atoms. The minimum Gasteiger partial charge on any atom is -0.382 e. The average Bonchev–Trinajstić information content (AvgIpc) is 2.82. The molecule has 2 aromatic heterocycles. The first-order valence-corrected chi connectivity index (χ1v) is 6.61. The van der Waals surface area contributed by atoms with Gasteiger partial charge >= 0.3 is 0 Å². The summed E-state index contributed by atoms with van der Waals surface area (Å²) in [5.74, 6) is 0. The number of benzene rings is 1. The number of thiophene rings is 1. The van der Waals surface area contributed by atoms with Gasteiger partial charge in [0.25, 0.3) is 0 Å². The molecule has 0 aliphatic heterocycles. The molecule has 3 nitrogen and oxygen atoms in total. The highest BCUT2D eigenvalue weighted by Crippen LogP contribution is 2.39. The molecule has 3 rings (SSSR count). The molecule has 98 valence electrons. The number of nitrogens with two attached hydrogens (primary N) is 1. The Hall–Kier alpha value is -1.65. The highest BCUT2D eigenvalue weighted by Gasteiger charge is 2.12. The third-order valence-corrected chi connectivity index (χ3v) is 4.00. The third kappa shape index (κ3) is 2.17. The van der Waals surface area contributed by atoms with Crippen molar-refractivity contribution < 1.29 is 8.22 Å². The topological polar surface area (TPSA) is 50.9 Å². The van der Waals surface area contributed by atoms with Crippen LogP contribution in [-0.4, -0.2) is 17.5 Å². The van der Waals surface area contributed by atoms with Gasteiger partial charge in [-0.05, 0) is 32.0 Å². The summed E-state index contributed by atoms with van der Waals surface area (Å²) >= 11 is 1.45. The Morgan fingerprint density at radius 2 is 2.47 bits per heavy atom. The van der Waals surface area contributed by atoms with Crippen molar-refractivity contribution in [3.8, 4) is 0 Å². The molecule has 2 heterocycles. The van der Waals surface area contributed by atoms with Gasteiger partial charge in [0.2, 0.25) is 0 Å². The van der Waals surface area contributed by atoms with E-state index >= 15 is 0 Å². The summed E-state index contributed by atoms with van der Waals surface area (Å²) in [5, 5.41) is 4.16. The summed E-state index contributed by atoms with van der Waals surface area (Å²) < 4.78 is 47.2. The van der Waals surface area contributed by atoms with Crippen LogP contribution < -0.4 is 11.1 Å². The lowest BCUT2D eigenvalue weighted by molar-refractivity contribution is 0.780. The second-order valence-electron chi connectivity index (χ2n) is 4.21. The monoisotopic (exact) mass is 277 g/mol. The normalized spacial score (nSPS) is 20.7. The predicted molar refractivity (Wildman–Crippen MR) is 84.0 cm³/mol. The minimum absolute atomic E-state index is 0.440. The zero-order chi connectivity index (χ0) is 18.6. The van der Waals surface area contributed by atoms with Gasteiger partial charge < -0.3 is 11.1 Å². The van der Waals surface area contributed by atoms with Gasteiger partial charge in [-0.25, -0.2) is 0 Å². The Bertz CT molecular complexity index is 947. The minimum atomic E-state index is -2.99. The number of pyridine rings is 1. The molecule has 0 aliphatic rings. The van der Waals surface area contributed by atoms with E-state index in [4.69, 9.17) is 14.0 Å². The molecule has 0 saturated carbocycles. The van der Waals surface area contributed by atoms with Crippen LogP contribution in [0.1, 0.15) is 20.0 Å². The summed E-state index contributed by atoms with van der Waals surface area (Å²) in [6.45, 7) is -3.86. The van der Waals surface area contributed by atoms with Gasteiger partial charge in [-0.3, -0.25) is 4.98 Å². The van der Waals surface area contributed by atoms with Crippen molar-refractivity contribution in [2.24, 2.45) is 5.73 Å². The first-order chi connectivity index (χ1) is 11.5. The van der Waals surface area contributed by atoms with Crippen LogP contribution in [0.25, 0.3) is 21.0 Å². The molecule has 0 amide bonds. The number of fused-ring (bicyclic) bond motifs is 3. The van der Waals surface area contributed by atoms with Crippen LogP contribution in [0, 0.1) is 6.92 Å². The van der Waals surface area contributed by atoms with E-state index in [9.17, 15) is 0 Å². The van der Waals surface area contributed by atoms with E-state index in [1.54, 1.807) is 12.3 Å². The molecular formula is C15H17N3S. The van der Waals surface area contributed by atoms with E-state index < -0.39 is 19.4 Å². The molecule has 4 heteroatoms. The van der Waals surface area contributed by atoms with Crippen LogP contribution >= 0.6 is 11.3 Å². The van der Waals surface area contributed by atoms with Crippen molar-refractivity contribution in [1.82, 2.24) is 4.98 Å². The van der Waals surface area contributed by atoms with Crippen LogP contribution in [-0.2, 0) is 0 Å². The van der Waals surface area contributed by atoms with Crippen molar-refractivity contribution in [3.05, 3.63) is 35.3 Å². The first-order valence-electron chi connectivity index (χ1n) is 8.79. The van der Waals surface area contributed by atoms with Gasteiger partial charge in [0.05, 0.1) is 13.9 Å². The number of rotatable bonds is 3. The van der Waals surface area contributed by atoms with E-state index in [0.717, 1.165) is 25.9 Å². The molecule has 1 atom stereocenters. The van der Waals surface area contributed by atoms with Crippen molar-refractivity contribution in [2.75, 3.05) is 11.8 Å². The molecule has 3 N–H and O–H groups in total. The molecule has 0 bridgehead atoms. The number of aromatic nitrogens is 1. The number of anilines is 1. The smallest absolute Gasteiger partial charge is 0.0709 e. The standard InChI is InChI=1S/C15H17N3S/c1-9(16)8-18-15-10(2)19-13-6-5-12-11(14(13)15)4-3-7-17-12/h3-7,9,18H,8,16H2,1-2H3/i1D3,8D2,9D. The summed E-state index contributed by atoms with van der Waals surface area (Å²) in [4.78, 5) is 5.07. The average molecular weight is 277 g/mol. The van der Waals surface area contributed by atoms with Gasteiger partial charge in [0.1, 0.15) is 0 Å². The van der Waals surface area contributed by atoms with Crippen molar-refractivity contribution in [3.63, 3.8) is 0 Å². The SMILES string of the molecule is [2H]C([2H])([2H])C([2H])(N)C([2H])([2H])Nc1c(C)sc2ccc3ncccc3c12. The van der Waals surface area contributed by atoms with E-state index in [2.05, 4.69) is 10.3 Å². The van der Waals surface area contributed by atoms with Gasteiger partial charge in [0.15, 0.2) is 0 Å². The van der Waals surface area contributed by atoms with Crippen LogP contribution in [0.3, 0.4) is 0 Å². The number of nitrogens with zero attached hydrogens (tertiary/aromatic N) is 1. The van der Waals surface area contributed by atoms with Gasteiger partial charge in [-0.2, -0.15) is 0 Å². The van der Waals surface area contributed by atoms with E-state index in [1.165, 1.54) is 11.3 Å². The molecular weight excluding hydrogens is 254 g/mol. The Morgan fingerprint density at radius 1 is 1.58 bits per heavy atom. The molecule has 0 aliphatic carbocycles. The van der Waals surface area contributed by atoms with Crippen molar-refractivity contribution in [1.29, 1.82) is 0 Å². The lowest BCUT2D eigenvalue weighted by atomic mass is 10.1. The maximum atomic E-state index is 8.11. The highest BCUT2D eigenvalue weighted by molar-refractivity contribution is 7.19. The number of aryl methyl sites for hydroxylation is 1. The Labute approximate surface area is 124 Å². The number of hydrogen-bond donors (Lipinski definition) is 2. The Balaban J connectivity index is 2.19. The number of hydrogen-bond acceptors (Lipinski definition) is 4. The zero-order valence-electron chi connectivity index (χ0n) is 16.3. The second kappa shape index (κ2) is 4.79. The van der Waals surface area contributed by atoms with Gasteiger partial charge in [-0.1, -0.05) is 6.07 Å². The largest absolute Gasteiger partial charge is 0.382 e. The summed E-state index contributed by atoms with van der Waals surface area (Å²) in [7, 11) is 0. The fourth-order valence-electron chi connectivity index (χ4n) is 2.15. The fraction of sp³-hybridized carbons (Fsp3) is 0.267. The number of nitrogens with one attached hydrogen (secondary N) is 1. The predicted octanol–water partition coefficient (Wildman–Crippen LogP) is 3.52. The van der Waals surface area contributed by atoms with Gasteiger partial charge in [-0.15, -0.1) is 11.3 Å². The van der Waals surface area contributed by atoms with Crippen LogP contribution in [0.5, 0.6) is 0 Å². The van der Waals surface area contributed by atoms with Gasteiger partial charge in [0, 0.05) is 44.5 Å². The third-order valence-electron chi connectivity index (χ3n) is 2.93. The Morgan fingerprint density at radius 3 is 3.32 bits per heavy atom. The van der Waals surface area contributed by atoms with E-state index in [1.807, 2.05) is 25.1 Å². The quantitative estimate of drug-likeness (QED) is 0.770. The van der Waals surface area contributed by atoms with E-state index in [-0.39, 0.29) is 0 Å². The van der Waals surface area contributed by atoms with E-state index in [0.29, 0.717) is 5.69 Å². The molecule has 1 unspecified atom stereocenters. The summed E-state index contributed by atoms with van der Waals surface area (Å²) in [5.41, 5.74) is 6.74. The lowest BCUT2D eigenvalue weighted by Gasteiger charge is -2.10. The fourth-order valence-corrected chi connectivity index (χ4v) is 3.18. The zero-order valence-corrected chi connectivity index (χ0v) is 11.1. The Kier molecular flexibility index (Phi) is 1.82. The molecule has 0 spiro atoms. The molecule has 1 aromatic carbocycles. The highest BCUT2D eigenvalue weighted by atomic mass is 32.1. The van der Waals surface area contributed by atoms with Crippen LogP contribution in [0.2, 0.25) is 0 Å². The second-order valence-corrected chi connectivity index (χ2v) is 5.46. The first kappa shape index (κ1) is 7.22. The van der Waals surface area contributed by atoms with Crippen molar-refractivity contribution in [2.45, 2.75) is 19.8 Å². The maximum absolute atomic E-state index is 8.11.